The summed E-state index contributed by atoms with van der Waals surface area (Å²) >= 11 is 0. The molecule has 4 nitrogen and oxygen atoms in total. The van der Waals surface area contributed by atoms with Gasteiger partial charge in [0.2, 0.25) is 5.91 Å². The van der Waals surface area contributed by atoms with Crippen LogP contribution in [0.15, 0.2) is 30.3 Å². The van der Waals surface area contributed by atoms with Crippen LogP contribution in [-0.2, 0) is 4.79 Å². The molecule has 130 valence electrons. The lowest BCUT2D eigenvalue weighted by molar-refractivity contribution is -0.197. The zero-order chi connectivity index (χ0) is 18.0. The van der Waals surface area contributed by atoms with Crippen molar-refractivity contribution in [2.45, 2.75) is 31.9 Å². The zero-order valence-corrected chi connectivity index (χ0v) is 13.3. The van der Waals surface area contributed by atoms with Crippen molar-refractivity contribution in [3.8, 4) is 6.07 Å². The number of alkyl halides is 3. The molecule has 0 saturated heterocycles. The third kappa shape index (κ3) is 3.58. The molecule has 0 spiro atoms. The van der Waals surface area contributed by atoms with E-state index in [1.165, 1.54) is 6.07 Å². The maximum Gasteiger partial charge on any atom is 0.392 e. The van der Waals surface area contributed by atoms with Crippen molar-refractivity contribution in [3.63, 3.8) is 0 Å². The fraction of sp³-hybridized carbons (Fsp3) is 0.389. The number of rotatable bonds is 2. The van der Waals surface area contributed by atoms with Crippen LogP contribution in [-0.4, -0.2) is 17.1 Å². The Balaban J connectivity index is 1.87. The van der Waals surface area contributed by atoms with Gasteiger partial charge in [-0.3, -0.25) is 4.79 Å². The maximum absolute atomic E-state index is 13.2. The summed E-state index contributed by atoms with van der Waals surface area (Å²) in [6, 6.07) is 10.3. The van der Waals surface area contributed by atoms with Crippen molar-refractivity contribution in [2.24, 2.45) is 11.8 Å². The van der Waals surface area contributed by atoms with Gasteiger partial charge in [-0.15, -0.1) is 0 Å². The number of hydrogen-bond acceptors (Lipinski definition) is 3. The van der Waals surface area contributed by atoms with Gasteiger partial charge in [-0.05, 0) is 25.0 Å². The molecule has 0 unspecified atom stereocenters. The summed E-state index contributed by atoms with van der Waals surface area (Å²) in [6.45, 7) is 0. The van der Waals surface area contributed by atoms with Crippen LogP contribution in [0.3, 0.4) is 0 Å². The number of halogens is 3. The van der Waals surface area contributed by atoms with Gasteiger partial charge in [0, 0.05) is 11.3 Å². The lowest BCUT2D eigenvalue weighted by Gasteiger charge is -2.31. The lowest BCUT2D eigenvalue weighted by atomic mass is 9.78. The number of hydrogen-bond donors (Lipinski definition) is 1. The summed E-state index contributed by atoms with van der Waals surface area (Å²) in [5.74, 6) is -3.33. The van der Waals surface area contributed by atoms with Gasteiger partial charge in [-0.25, -0.2) is 4.98 Å². The second-order valence-electron chi connectivity index (χ2n) is 6.21. The van der Waals surface area contributed by atoms with Gasteiger partial charge >= 0.3 is 6.18 Å². The summed E-state index contributed by atoms with van der Waals surface area (Å²) < 4.78 is 39.5. The molecular weight excluding hydrogens is 331 g/mol. The number of carbonyl (C=O) groups is 1. The average Bonchev–Trinajstić information content (AvgIpc) is 2.60. The highest BCUT2D eigenvalue weighted by molar-refractivity contribution is 5.94. The van der Waals surface area contributed by atoms with E-state index in [4.69, 9.17) is 0 Å². The van der Waals surface area contributed by atoms with Gasteiger partial charge in [0.25, 0.3) is 0 Å². The molecular formula is C18H16F3N3O. The molecule has 2 atom stereocenters. The van der Waals surface area contributed by atoms with E-state index in [9.17, 15) is 23.2 Å². The molecule has 1 aromatic carbocycles. The minimum Gasteiger partial charge on any atom is -0.310 e. The van der Waals surface area contributed by atoms with E-state index in [-0.39, 0.29) is 18.7 Å². The molecule has 0 bridgehead atoms. The molecule has 0 radical (unpaired) electrons. The van der Waals surface area contributed by atoms with Gasteiger partial charge < -0.3 is 5.32 Å². The predicted octanol–water partition coefficient (Wildman–Crippen LogP) is 4.41. The number of nitriles is 1. The molecule has 1 aliphatic rings. The SMILES string of the molecule is N#Cc1cc(NC(=O)[C@@H]2CCCC[C@H]2C(F)(F)F)nc2ccccc12. The molecule has 1 heterocycles. The van der Waals surface area contributed by atoms with E-state index in [0.717, 1.165) is 0 Å². The molecule has 0 aliphatic heterocycles. The highest BCUT2D eigenvalue weighted by Gasteiger charge is 2.48. The standard InChI is InChI=1S/C18H16F3N3O/c19-18(20,21)14-7-3-1-6-13(14)17(25)24-16-9-11(10-22)12-5-2-4-8-15(12)23-16/h2,4-5,8-9,13-14H,1,3,6-7H2,(H,23,24,25)/t13-,14-/m1/s1. The normalized spacial score (nSPS) is 20.9. The van der Waals surface area contributed by atoms with Gasteiger partial charge in [0.05, 0.1) is 23.1 Å². The topological polar surface area (TPSA) is 65.8 Å². The maximum atomic E-state index is 13.2. The van der Waals surface area contributed by atoms with E-state index in [0.29, 0.717) is 29.3 Å². The molecule has 1 aliphatic carbocycles. The second kappa shape index (κ2) is 6.71. The van der Waals surface area contributed by atoms with Crippen LogP contribution in [0, 0.1) is 23.2 Å². The smallest absolute Gasteiger partial charge is 0.310 e. The highest BCUT2D eigenvalue weighted by Crippen LogP contribution is 2.41. The van der Waals surface area contributed by atoms with Crippen LogP contribution in [0.5, 0.6) is 0 Å². The first-order valence-corrected chi connectivity index (χ1v) is 8.07. The van der Waals surface area contributed by atoms with E-state index >= 15 is 0 Å². The van der Waals surface area contributed by atoms with Crippen LogP contribution in [0.25, 0.3) is 10.9 Å². The number of anilines is 1. The van der Waals surface area contributed by atoms with Gasteiger partial charge in [0.15, 0.2) is 0 Å². The Morgan fingerprint density at radius 3 is 2.68 bits per heavy atom. The molecule has 7 heteroatoms. The van der Waals surface area contributed by atoms with Gasteiger partial charge in [0.1, 0.15) is 5.82 Å². The number of nitrogens with one attached hydrogen (secondary N) is 1. The lowest BCUT2D eigenvalue weighted by Crippen LogP contribution is -2.39. The molecule has 2 aromatic rings. The predicted molar refractivity (Wildman–Crippen MR) is 86.6 cm³/mol. The van der Waals surface area contributed by atoms with Crippen molar-refractivity contribution >= 4 is 22.6 Å². The zero-order valence-electron chi connectivity index (χ0n) is 13.3. The first-order chi connectivity index (χ1) is 11.9. The number of benzene rings is 1. The minimum absolute atomic E-state index is 0.0316. The number of carbonyl (C=O) groups excluding carboxylic acids is 1. The van der Waals surface area contributed by atoms with Crippen molar-refractivity contribution in [1.29, 1.82) is 5.26 Å². The second-order valence-corrected chi connectivity index (χ2v) is 6.21. The first kappa shape index (κ1) is 17.2. The summed E-state index contributed by atoms with van der Waals surface area (Å²) in [7, 11) is 0. The molecule has 1 amide bonds. The number of aromatic nitrogens is 1. The quantitative estimate of drug-likeness (QED) is 0.875. The highest BCUT2D eigenvalue weighted by atomic mass is 19.4. The molecule has 1 fully saturated rings. The Bertz CT molecular complexity index is 842. The largest absolute Gasteiger partial charge is 0.392 e. The van der Waals surface area contributed by atoms with E-state index < -0.39 is 23.9 Å². The van der Waals surface area contributed by atoms with Crippen LogP contribution < -0.4 is 5.32 Å². The summed E-state index contributed by atoms with van der Waals surface area (Å²) in [4.78, 5) is 16.7. The Morgan fingerprint density at radius 2 is 1.96 bits per heavy atom. The summed E-state index contributed by atoms with van der Waals surface area (Å²) in [6.07, 6.45) is -3.15. The molecule has 1 aromatic heterocycles. The average molecular weight is 347 g/mol. The molecule has 25 heavy (non-hydrogen) atoms. The van der Waals surface area contributed by atoms with Crippen molar-refractivity contribution in [3.05, 3.63) is 35.9 Å². The van der Waals surface area contributed by atoms with Crippen LogP contribution in [0.2, 0.25) is 0 Å². The van der Waals surface area contributed by atoms with Crippen molar-refractivity contribution < 1.29 is 18.0 Å². The third-order valence-corrected chi connectivity index (χ3v) is 4.61. The Labute approximate surface area is 142 Å². The number of para-hydroxylation sites is 1. The number of amides is 1. The van der Waals surface area contributed by atoms with Crippen molar-refractivity contribution in [1.82, 2.24) is 4.98 Å². The third-order valence-electron chi connectivity index (χ3n) is 4.61. The number of pyridine rings is 1. The monoisotopic (exact) mass is 347 g/mol. The Hall–Kier alpha value is -2.62. The first-order valence-electron chi connectivity index (χ1n) is 8.07. The van der Waals surface area contributed by atoms with E-state index in [1.807, 2.05) is 6.07 Å². The Morgan fingerprint density at radius 1 is 1.24 bits per heavy atom. The van der Waals surface area contributed by atoms with Gasteiger partial charge in [-0.1, -0.05) is 31.0 Å². The fourth-order valence-electron chi connectivity index (χ4n) is 3.39. The number of nitrogens with zero attached hydrogens (tertiary/aromatic N) is 2. The molecule has 1 N–H and O–H groups in total. The Kier molecular flexibility index (Phi) is 4.62. The van der Waals surface area contributed by atoms with Gasteiger partial charge in [-0.2, -0.15) is 18.4 Å². The summed E-state index contributed by atoms with van der Waals surface area (Å²) in [5.41, 5.74) is 0.824. The van der Waals surface area contributed by atoms with Crippen LogP contribution in [0.4, 0.5) is 19.0 Å². The molecule has 1 saturated carbocycles. The van der Waals surface area contributed by atoms with Crippen LogP contribution in [0.1, 0.15) is 31.2 Å². The summed E-state index contributed by atoms with van der Waals surface area (Å²) in [5, 5.41) is 12.4. The van der Waals surface area contributed by atoms with Crippen molar-refractivity contribution in [2.75, 3.05) is 5.32 Å². The van der Waals surface area contributed by atoms with Crippen LogP contribution >= 0.6 is 0 Å². The van der Waals surface area contributed by atoms with E-state index in [2.05, 4.69) is 10.3 Å². The molecule has 3 rings (SSSR count). The minimum atomic E-state index is -4.39. The fourth-order valence-corrected chi connectivity index (χ4v) is 3.39. The van der Waals surface area contributed by atoms with E-state index in [1.54, 1.807) is 24.3 Å². The number of fused-ring (bicyclic) bond motifs is 1.